The van der Waals surface area contributed by atoms with E-state index in [9.17, 15) is 61.8 Å². The van der Waals surface area contributed by atoms with Crippen molar-refractivity contribution in [1.82, 2.24) is 0 Å². The summed E-state index contributed by atoms with van der Waals surface area (Å²) in [5.74, 6) is -1.45. The Bertz CT molecular complexity index is 3170. The van der Waals surface area contributed by atoms with Crippen LogP contribution in [0.15, 0.2) is 105 Å². The monoisotopic (exact) mass is 975 g/mol. The molecular formula is C44H51N2O15S4+. The molecule has 4 aromatic carbocycles. The first-order valence-corrected chi connectivity index (χ1v) is 26.4. The minimum Gasteiger partial charge on any atom is -0.481 e. The number of benzene rings is 4. The van der Waals surface area contributed by atoms with Gasteiger partial charge in [-0.2, -0.15) is 38.2 Å². The highest BCUT2D eigenvalue weighted by Gasteiger charge is 2.49. The quantitative estimate of drug-likeness (QED) is 0.0278. The lowest BCUT2D eigenvalue weighted by molar-refractivity contribution is -0.441. The van der Waals surface area contributed by atoms with Gasteiger partial charge >= 0.3 is 5.97 Å². The minimum absolute atomic E-state index is 0.0182. The molecule has 6 rings (SSSR count). The Kier molecular flexibility index (Phi) is 14.1. The molecule has 21 heteroatoms. The standard InChI is InChI=1S/C44H50N2O15S4/c1-43(2)38(45(22-10-6-9-14-40(47)48)35-20-18-32-34(41(35)43)27-31(64(55,56)57)28-37(32)65(58,59)60)12-7-5-8-13-39-44(3,21-11-25-62(49,50)51)42-33-26-30(63(52,53)54)17-15-29(33)16-19-36(42)46(39)23-24-61-4/h5,7-8,12-13,15-20,26-28H,6,9-11,14,21-25H2,1-4H3,(H4-,47,48,49,50,51,52,53,54,55,56,57,58,59,60)/p+1. The molecule has 0 amide bonds. The average Bonchev–Trinajstić information content (AvgIpc) is 3.56. The average molecular weight is 976 g/mol. The number of hydrogen-bond acceptors (Lipinski definition) is 11. The molecule has 1 atom stereocenters. The molecule has 65 heavy (non-hydrogen) atoms. The normalized spacial score (nSPS) is 18.5. The molecule has 4 aromatic rings. The lowest BCUT2D eigenvalue weighted by Gasteiger charge is -2.27. The zero-order valence-corrected chi connectivity index (χ0v) is 39.3. The van der Waals surface area contributed by atoms with E-state index in [4.69, 9.17) is 4.74 Å². The maximum Gasteiger partial charge on any atom is 0.303 e. The summed E-state index contributed by atoms with van der Waals surface area (Å²) in [6, 6.07) is 12.9. The molecule has 350 valence electrons. The van der Waals surface area contributed by atoms with E-state index in [1.807, 2.05) is 54.5 Å². The van der Waals surface area contributed by atoms with Crippen LogP contribution in [0.2, 0.25) is 0 Å². The van der Waals surface area contributed by atoms with Gasteiger partial charge in [-0.3, -0.25) is 23.0 Å². The smallest absolute Gasteiger partial charge is 0.303 e. The molecule has 0 saturated carbocycles. The van der Waals surface area contributed by atoms with E-state index in [1.54, 1.807) is 37.5 Å². The molecule has 2 aliphatic rings. The third kappa shape index (κ3) is 10.4. The first kappa shape index (κ1) is 49.6. The number of anilines is 1. The topological polar surface area (TPSA) is 270 Å². The van der Waals surface area contributed by atoms with Crippen LogP contribution in [0, 0.1) is 0 Å². The van der Waals surface area contributed by atoms with Crippen LogP contribution in [0.25, 0.3) is 21.5 Å². The van der Waals surface area contributed by atoms with Gasteiger partial charge in [0.25, 0.3) is 40.5 Å². The predicted molar refractivity (Wildman–Crippen MR) is 245 cm³/mol. The molecule has 0 aliphatic carbocycles. The zero-order chi connectivity index (χ0) is 47.9. The van der Waals surface area contributed by atoms with Gasteiger partial charge in [0.2, 0.25) is 5.69 Å². The second-order valence-electron chi connectivity index (χ2n) is 16.8. The van der Waals surface area contributed by atoms with Crippen molar-refractivity contribution in [2.75, 3.05) is 37.5 Å². The van der Waals surface area contributed by atoms with Gasteiger partial charge in [-0.25, -0.2) is 0 Å². The third-order valence-corrected chi connectivity index (χ3v) is 15.4. The van der Waals surface area contributed by atoms with Crippen LogP contribution in [-0.4, -0.2) is 106 Å². The summed E-state index contributed by atoms with van der Waals surface area (Å²) in [5, 5.41) is 10.6. The van der Waals surface area contributed by atoms with Gasteiger partial charge in [-0.15, -0.1) is 0 Å². The van der Waals surface area contributed by atoms with Crippen molar-refractivity contribution in [1.29, 1.82) is 0 Å². The van der Waals surface area contributed by atoms with E-state index in [2.05, 4.69) is 0 Å². The molecule has 2 aliphatic heterocycles. The van der Waals surface area contributed by atoms with Crippen molar-refractivity contribution >= 4 is 85.1 Å². The molecule has 0 spiro atoms. The molecule has 0 aromatic heterocycles. The van der Waals surface area contributed by atoms with Crippen LogP contribution in [0.4, 0.5) is 11.4 Å². The number of fused-ring (bicyclic) bond motifs is 6. The van der Waals surface area contributed by atoms with Crippen molar-refractivity contribution < 1.29 is 71.1 Å². The Morgan fingerprint density at radius 1 is 0.738 bits per heavy atom. The molecular weight excluding hydrogens is 925 g/mol. The summed E-state index contributed by atoms with van der Waals surface area (Å²) in [7, 11) is -17.3. The summed E-state index contributed by atoms with van der Waals surface area (Å²) < 4.78 is 146. The van der Waals surface area contributed by atoms with E-state index in [0.717, 1.165) is 0 Å². The van der Waals surface area contributed by atoms with Crippen LogP contribution in [0.5, 0.6) is 0 Å². The number of hydrogen-bond donors (Lipinski definition) is 5. The second-order valence-corrected chi connectivity index (χ2v) is 22.6. The number of carboxylic acid groups (broad SMARTS) is 1. The fourth-order valence-electron chi connectivity index (χ4n) is 9.19. The third-order valence-electron chi connectivity index (χ3n) is 12.0. The van der Waals surface area contributed by atoms with Crippen molar-refractivity contribution in [3.63, 3.8) is 0 Å². The summed E-state index contributed by atoms with van der Waals surface area (Å²) >= 11 is 0. The molecule has 2 heterocycles. The molecule has 0 saturated heterocycles. The number of allylic oxidation sites excluding steroid dienone is 6. The lowest BCUT2D eigenvalue weighted by atomic mass is 9.74. The van der Waals surface area contributed by atoms with E-state index < -0.39 is 72.8 Å². The van der Waals surface area contributed by atoms with E-state index in [1.165, 1.54) is 24.3 Å². The summed E-state index contributed by atoms with van der Waals surface area (Å²) in [4.78, 5) is 11.4. The molecule has 5 N–H and O–H groups in total. The number of nitrogens with zero attached hydrogens (tertiary/aromatic N) is 2. The van der Waals surface area contributed by atoms with E-state index in [0.29, 0.717) is 83.1 Å². The summed E-state index contributed by atoms with van der Waals surface area (Å²) in [6.07, 6.45) is 10.7. The first-order valence-electron chi connectivity index (χ1n) is 20.4. The van der Waals surface area contributed by atoms with Crippen LogP contribution >= 0.6 is 0 Å². The number of unbranched alkanes of at least 4 members (excludes halogenated alkanes) is 2. The van der Waals surface area contributed by atoms with Crippen LogP contribution in [0.3, 0.4) is 0 Å². The highest BCUT2D eigenvalue weighted by molar-refractivity contribution is 7.87. The molecule has 0 radical (unpaired) electrons. The molecule has 0 bridgehead atoms. The van der Waals surface area contributed by atoms with Gasteiger partial charge in [0.05, 0.1) is 21.0 Å². The number of aliphatic carboxylic acids is 1. The van der Waals surface area contributed by atoms with Gasteiger partial charge in [-0.05, 0) is 96.8 Å². The fourth-order valence-corrected chi connectivity index (χ4v) is 11.5. The molecule has 17 nitrogen and oxygen atoms in total. The van der Waals surface area contributed by atoms with Gasteiger partial charge < -0.3 is 14.7 Å². The van der Waals surface area contributed by atoms with Crippen LogP contribution in [0.1, 0.15) is 70.4 Å². The Labute approximate surface area is 378 Å². The number of carboxylic acids is 1. The second kappa shape index (κ2) is 18.4. The van der Waals surface area contributed by atoms with Crippen LogP contribution < -0.4 is 4.90 Å². The Morgan fingerprint density at radius 3 is 2.05 bits per heavy atom. The zero-order valence-electron chi connectivity index (χ0n) is 36.0. The largest absolute Gasteiger partial charge is 0.481 e. The fraction of sp³-hybridized carbons (Fsp3) is 0.364. The number of methoxy groups -OCH3 is 1. The van der Waals surface area contributed by atoms with Crippen molar-refractivity contribution in [2.45, 2.75) is 84.8 Å². The lowest BCUT2D eigenvalue weighted by Crippen LogP contribution is -2.32. The maximum atomic E-state index is 12.6. The SMILES string of the molecule is COCC[N+]1=C(/C=C/C=C/C=C2/N(CCCCCC(=O)O)c3ccc4c(S(=O)(=O)O)cc(S(=O)(=O)O)cc4c3C2(C)C)C(C)(CCCS(=O)(=O)O)c2c1ccc1ccc(S(=O)(=O)O)cc21. The van der Waals surface area contributed by atoms with Gasteiger partial charge in [0, 0.05) is 60.0 Å². The van der Waals surface area contributed by atoms with E-state index in [-0.39, 0.29) is 41.5 Å². The van der Waals surface area contributed by atoms with Gasteiger partial charge in [0.1, 0.15) is 11.5 Å². The van der Waals surface area contributed by atoms with Crippen molar-refractivity contribution in [2.24, 2.45) is 0 Å². The van der Waals surface area contributed by atoms with Crippen LogP contribution in [-0.2, 0) is 60.8 Å². The maximum absolute atomic E-state index is 12.6. The van der Waals surface area contributed by atoms with Gasteiger partial charge in [-0.1, -0.05) is 50.6 Å². The van der Waals surface area contributed by atoms with E-state index >= 15 is 0 Å². The number of carbonyl (C=O) groups is 1. The van der Waals surface area contributed by atoms with Gasteiger partial charge in [0.15, 0.2) is 12.3 Å². The molecule has 1 unspecified atom stereocenters. The highest BCUT2D eigenvalue weighted by Crippen LogP contribution is 2.52. The predicted octanol–water partition coefficient (Wildman–Crippen LogP) is 6.84. The Morgan fingerprint density at radius 2 is 1.42 bits per heavy atom. The molecule has 0 fully saturated rings. The van der Waals surface area contributed by atoms with Crippen molar-refractivity contribution in [3.05, 3.63) is 102 Å². The highest BCUT2D eigenvalue weighted by atomic mass is 32.2. The Balaban J connectivity index is 1.47. The number of rotatable bonds is 19. The number of ether oxygens (including phenoxy) is 1. The summed E-state index contributed by atoms with van der Waals surface area (Å²) in [6.45, 7) is 6.61. The minimum atomic E-state index is -4.97. The Hall–Kier alpha value is -4.84. The first-order chi connectivity index (χ1) is 30.2. The van der Waals surface area contributed by atoms with Crippen molar-refractivity contribution in [3.8, 4) is 0 Å². The summed E-state index contributed by atoms with van der Waals surface area (Å²) in [5.41, 5.74) is 1.99.